The van der Waals surface area contributed by atoms with Crippen LogP contribution < -0.4 is 5.32 Å². The van der Waals surface area contributed by atoms with Crippen molar-refractivity contribution in [1.29, 1.82) is 0 Å². The number of aliphatic hydroxyl groups excluding tert-OH is 1. The van der Waals surface area contributed by atoms with Crippen molar-refractivity contribution >= 4 is 17.4 Å². The molecule has 0 spiro atoms. The fourth-order valence-corrected chi connectivity index (χ4v) is 1.29. The molecule has 0 radical (unpaired) electrons. The molecule has 17 heavy (non-hydrogen) atoms. The topological polar surface area (TPSA) is 45.1 Å². The highest BCUT2D eigenvalue weighted by Gasteiger charge is 2.31. The van der Waals surface area contributed by atoms with E-state index in [2.05, 4.69) is 10.3 Å². The molecule has 0 aromatic carbocycles. The maximum Gasteiger partial charge on any atom is 0.417 e. The predicted octanol–water partition coefficient (Wildman–Crippen LogP) is 2.79. The highest BCUT2D eigenvalue weighted by atomic mass is 35.5. The van der Waals surface area contributed by atoms with E-state index in [1.54, 1.807) is 6.92 Å². The molecule has 3 nitrogen and oxygen atoms in total. The Bertz CT molecular complexity index is 384. The average molecular weight is 269 g/mol. The highest BCUT2D eigenvalue weighted by Crippen LogP contribution is 2.32. The molecule has 0 aliphatic rings. The van der Waals surface area contributed by atoms with Crippen LogP contribution in [0.3, 0.4) is 0 Å². The van der Waals surface area contributed by atoms with Gasteiger partial charge in [-0.2, -0.15) is 13.2 Å². The number of pyridine rings is 1. The zero-order valence-corrected chi connectivity index (χ0v) is 9.81. The summed E-state index contributed by atoms with van der Waals surface area (Å²) in [5.41, 5.74) is -0.886. The predicted molar refractivity (Wildman–Crippen MR) is 59.0 cm³/mol. The zero-order valence-electron chi connectivity index (χ0n) is 9.05. The summed E-state index contributed by atoms with van der Waals surface area (Å²) in [5.74, 6) is 0.148. The first kappa shape index (κ1) is 14.1. The van der Waals surface area contributed by atoms with Gasteiger partial charge in [0, 0.05) is 19.3 Å². The number of alkyl halides is 3. The molecule has 0 saturated carbocycles. The molecule has 0 aliphatic heterocycles. The number of nitrogens with zero attached hydrogens (tertiary/aromatic N) is 1. The summed E-state index contributed by atoms with van der Waals surface area (Å²) in [5, 5.41) is 11.5. The zero-order chi connectivity index (χ0) is 13.1. The van der Waals surface area contributed by atoms with Gasteiger partial charge in [0.05, 0.1) is 10.6 Å². The Morgan fingerprint density at radius 3 is 2.65 bits per heavy atom. The Hall–Kier alpha value is -1.01. The van der Waals surface area contributed by atoms with Crippen LogP contribution in [0.2, 0.25) is 5.02 Å². The van der Waals surface area contributed by atoms with Crippen LogP contribution in [-0.2, 0) is 6.18 Å². The lowest BCUT2D eigenvalue weighted by Gasteiger charge is -2.13. The van der Waals surface area contributed by atoms with E-state index < -0.39 is 11.7 Å². The molecule has 1 rings (SSSR count). The lowest BCUT2D eigenvalue weighted by atomic mass is 10.2. The van der Waals surface area contributed by atoms with Gasteiger partial charge in [-0.3, -0.25) is 0 Å². The van der Waals surface area contributed by atoms with Gasteiger partial charge >= 0.3 is 6.18 Å². The molecule has 0 saturated heterocycles. The van der Waals surface area contributed by atoms with Gasteiger partial charge in [0.2, 0.25) is 0 Å². The van der Waals surface area contributed by atoms with Crippen molar-refractivity contribution in [3.8, 4) is 0 Å². The van der Waals surface area contributed by atoms with E-state index in [4.69, 9.17) is 16.7 Å². The molecule has 1 heterocycles. The van der Waals surface area contributed by atoms with Gasteiger partial charge in [-0.25, -0.2) is 4.98 Å². The summed E-state index contributed by atoms with van der Waals surface area (Å²) in [7, 11) is 0. The van der Waals surface area contributed by atoms with Gasteiger partial charge in [-0.1, -0.05) is 18.5 Å². The van der Waals surface area contributed by atoms with E-state index in [1.807, 2.05) is 0 Å². The van der Waals surface area contributed by atoms with Crippen molar-refractivity contribution in [2.75, 3.05) is 18.5 Å². The summed E-state index contributed by atoms with van der Waals surface area (Å²) in [6, 6.07) is 0.820. The molecule has 0 amide bonds. The second-order valence-corrected chi connectivity index (χ2v) is 4.13. The van der Waals surface area contributed by atoms with Crippen LogP contribution in [0.15, 0.2) is 12.3 Å². The summed E-state index contributed by atoms with van der Waals surface area (Å²) in [6.07, 6.45) is -3.73. The van der Waals surface area contributed by atoms with Crippen molar-refractivity contribution in [3.63, 3.8) is 0 Å². The lowest BCUT2D eigenvalue weighted by molar-refractivity contribution is -0.137. The van der Waals surface area contributed by atoms with Gasteiger partial charge < -0.3 is 10.4 Å². The lowest BCUT2D eigenvalue weighted by Crippen LogP contribution is -2.16. The largest absolute Gasteiger partial charge is 0.417 e. The van der Waals surface area contributed by atoms with Gasteiger partial charge in [-0.05, 0) is 12.0 Å². The van der Waals surface area contributed by atoms with Crippen molar-refractivity contribution in [2.24, 2.45) is 5.92 Å². The second kappa shape index (κ2) is 5.55. The standard InChI is InChI=1S/C10H12ClF3N2O/c1-6(5-17)3-15-9-8(11)2-7(4-16-9)10(12,13)14/h2,4,6,17H,3,5H2,1H3,(H,15,16). The van der Waals surface area contributed by atoms with E-state index in [9.17, 15) is 13.2 Å². The fraction of sp³-hybridized carbons (Fsp3) is 0.500. The molecular formula is C10H12ClF3N2O. The van der Waals surface area contributed by atoms with Crippen LogP contribution in [0.5, 0.6) is 0 Å². The quantitative estimate of drug-likeness (QED) is 0.883. The number of hydrogen-bond donors (Lipinski definition) is 2. The number of aromatic nitrogens is 1. The monoisotopic (exact) mass is 268 g/mol. The van der Waals surface area contributed by atoms with E-state index in [0.29, 0.717) is 6.54 Å². The van der Waals surface area contributed by atoms with Crippen molar-refractivity contribution in [3.05, 3.63) is 22.8 Å². The first-order valence-corrected chi connectivity index (χ1v) is 5.30. The summed E-state index contributed by atoms with van der Waals surface area (Å²) >= 11 is 5.67. The number of hydrogen-bond acceptors (Lipinski definition) is 3. The van der Waals surface area contributed by atoms with Crippen LogP contribution in [-0.4, -0.2) is 23.2 Å². The Balaban J connectivity index is 2.77. The fourth-order valence-electron chi connectivity index (χ4n) is 1.06. The number of anilines is 1. The van der Waals surface area contributed by atoms with Gasteiger partial charge in [0.25, 0.3) is 0 Å². The normalized spacial score (nSPS) is 13.5. The maximum absolute atomic E-state index is 12.3. The maximum atomic E-state index is 12.3. The number of nitrogens with one attached hydrogen (secondary N) is 1. The van der Waals surface area contributed by atoms with E-state index in [1.165, 1.54) is 0 Å². The molecule has 2 N–H and O–H groups in total. The molecule has 0 fully saturated rings. The molecule has 0 bridgehead atoms. The Kier molecular flexibility index (Phi) is 4.59. The van der Waals surface area contributed by atoms with Gasteiger partial charge in [0.15, 0.2) is 0 Å². The number of rotatable bonds is 4. The minimum absolute atomic E-state index is 0.0226. The third-order valence-electron chi connectivity index (χ3n) is 2.10. The Morgan fingerprint density at radius 2 is 2.18 bits per heavy atom. The minimum atomic E-state index is -4.45. The van der Waals surface area contributed by atoms with Gasteiger partial charge in [0.1, 0.15) is 5.82 Å². The average Bonchev–Trinajstić information content (AvgIpc) is 2.25. The Morgan fingerprint density at radius 1 is 1.53 bits per heavy atom. The molecule has 1 atom stereocenters. The molecular weight excluding hydrogens is 257 g/mol. The third-order valence-corrected chi connectivity index (χ3v) is 2.39. The summed E-state index contributed by atoms with van der Waals surface area (Å²) in [4.78, 5) is 3.61. The summed E-state index contributed by atoms with van der Waals surface area (Å²) in [6.45, 7) is 2.14. The Labute approximate surface area is 102 Å². The molecule has 1 unspecified atom stereocenters. The van der Waals surface area contributed by atoms with Crippen molar-refractivity contribution < 1.29 is 18.3 Å². The smallest absolute Gasteiger partial charge is 0.396 e. The van der Waals surface area contributed by atoms with E-state index in [0.717, 1.165) is 12.3 Å². The van der Waals surface area contributed by atoms with Crippen molar-refractivity contribution in [2.45, 2.75) is 13.1 Å². The summed E-state index contributed by atoms with van der Waals surface area (Å²) < 4.78 is 36.9. The molecule has 0 aliphatic carbocycles. The van der Waals surface area contributed by atoms with Crippen LogP contribution in [0, 0.1) is 5.92 Å². The number of aliphatic hydroxyl groups is 1. The number of halogens is 4. The van der Waals surface area contributed by atoms with Crippen molar-refractivity contribution in [1.82, 2.24) is 4.98 Å². The van der Waals surface area contributed by atoms with Gasteiger partial charge in [-0.15, -0.1) is 0 Å². The van der Waals surface area contributed by atoms with E-state index in [-0.39, 0.29) is 23.4 Å². The molecule has 1 aromatic heterocycles. The van der Waals surface area contributed by atoms with Crippen LogP contribution >= 0.6 is 11.6 Å². The highest BCUT2D eigenvalue weighted by molar-refractivity contribution is 6.32. The second-order valence-electron chi connectivity index (χ2n) is 3.72. The third kappa shape index (κ3) is 4.05. The minimum Gasteiger partial charge on any atom is -0.396 e. The molecule has 7 heteroatoms. The van der Waals surface area contributed by atoms with Crippen LogP contribution in [0.4, 0.5) is 19.0 Å². The SMILES string of the molecule is CC(CO)CNc1ncc(C(F)(F)F)cc1Cl. The van der Waals surface area contributed by atoms with E-state index >= 15 is 0 Å². The van der Waals surface area contributed by atoms with Crippen LogP contribution in [0.1, 0.15) is 12.5 Å². The molecule has 96 valence electrons. The first-order chi connectivity index (χ1) is 7.84. The molecule has 1 aromatic rings. The first-order valence-electron chi connectivity index (χ1n) is 4.92. The van der Waals surface area contributed by atoms with Crippen LogP contribution in [0.25, 0.3) is 0 Å².